The van der Waals surface area contributed by atoms with E-state index in [-0.39, 0.29) is 5.92 Å². The molecule has 0 radical (unpaired) electrons. The number of aromatic hydroxyl groups is 1. The Hall–Kier alpha value is -3.31. The van der Waals surface area contributed by atoms with Crippen LogP contribution in [0.1, 0.15) is 22.7 Å². The Balaban J connectivity index is 1.63. The van der Waals surface area contributed by atoms with Crippen LogP contribution in [-0.2, 0) is 6.42 Å². The summed E-state index contributed by atoms with van der Waals surface area (Å²) in [5.41, 5.74) is 11.3. The Morgan fingerprint density at radius 1 is 1.00 bits per heavy atom. The monoisotopic (exact) mass is 403 g/mol. The molecule has 0 bridgehead atoms. The number of para-hydroxylation sites is 1. The highest BCUT2D eigenvalue weighted by Crippen LogP contribution is 2.32. The number of methoxy groups -OCH3 is 1. The summed E-state index contributed by atoms with van der Waals surface area (Å²) in [6.45, 7) is 0. The number of hydrogen-bond acceptors (Lipinski definition) is 4. The Morgan fingerprint density at radius 2 is 1.72 bits per heavy atom. The van der Waals surface area contributed by atoms with Gasteiger partial charge in [0.05, 0.1) is 13.0 Å². The number of aromatic amines is 1. The van der Waals surface area contributed by atoms with Gasteiger partial charge in [0.25, 0.3) is 0 Å². The summed E-state index contributed by atoms with van der Waals surface area (Å²) in [7, 11) is 1.67. The number of hydrogen-bond donors (Lipinski definition) is 2. The number of phenols is 1. The largest absolute Gasteiger partial charge is 0.507 e. The second-order valence-corrected chi connectivity index (χ2v) is 7.84. The predicted octanol–water partition coefficient (Wildman–Crippen LogP) is 4.90. The number of H-pyrrole nitrogens is 1. The van der Waals surface area contributed by atoms with Gasteiger partial charge in [0.2, 0.25) is 0 Å². The van der Waals surface area contributed by atoms with Crippen molar-refractivity contribution in [3.8, 4) is 22.6 Å². The molecule has 0 saturated heterocycles. The molecule has 0 fully saturated rings. The number of nitrogens with two attached hydrogens (primary N) is 1. The molecule has 1 atom stereocenters. The van der Waals surface area contributed by atoms with Crippen LogP contribution in [0.25, 0.3) is 11.1 Å². The molecule has 29 heavy (non-hydrogen) atoms. The molecular weight excluding hydrogens is 380 g/mol. The van der Waals surface area contributed by atoms with Gasteiger partial charge in [0.15, 0.2) is 0 Å². The lowest BCUT2D eigenvalue weighted by atomic mass is 9.89. The first-order chi connectivity index (χ1) is 14.1. The highest BCUT2D eigenvalue weighted by molar-refractivity contribution is 7.13. The Morgan fingerprint density at radius 3 is 2.34 bits per heavy atom. The van der Waals surface area contributed by atoms with E-state index >= 15 is 0 Å². The molecule has 0 aliphatic carbocycles. The van der Waals surface area contributed by atoms with Gasteiger partial charge in [-0.1, -0.05) is 65.9 Å². The van der Waals surface area contributed by atoms with E-state index in [4.69, 9.17) is 10.5 Å². The molecule has 146 valence electrons. The maximum atomic E-state index is 10.1. The summed E-state index contributed by atoms with van der Waals surface area (Å²) in [6, 6.07) is 23.9. The minimum atomic E-state index is 0.158. The average molecular weight is 404 g/mol. The zero-order valence-electron chi connectivity index (χ0n) is 16.1. The van der Waals surface area contributed by atoms with Gasteiger partial charge in [-0.15, -0.1) is 0 Å². The number of ether oxygens (including phenoxy) is 1. The van der Waals surface area contributed by atoms with Gasteiger partial charge in [-0.3, -0.25) is 5.73 Å². The molecule has 0 saturated carbocycles. The zero-order chi connectivity index (χ0) is 20.2. The van der Waals surface area contributed by atoms with E-state index in [0.717, 1.165) is 29.0 Å². The summed E-state index contributed by atoms with van der Waals surface area (Å²) in [5, 5.41) is 12.9. The van der Waals surface area contributed by atoms with Gasteiger partial charge in [0, 0.05) is 10.9 Å². The number of rotatable bonds is 6. The van der Waals surface area contributed by atoms with Crippen molar-refractivity contribution in [1.29, 1.82) is 0 Å². The van der Waals surface area contributed by atoms with Crippen molar-refractivity contribution in [3.63, 3.8) is 0 Å². The number of thiazole rings is 1. The van der Waals surface area contributed by atoms with E-state index in [1.807, 2.05) is 30.3 Å². The van der Waals surface area contributed by atoms with Gasteiger partial charge >= 0.3 is 5.13 Å². The Kier molecular flexibility index (Phi) is 5.49. The molecule has 4 rings (SSSR count). The third kappa shape index (κ3) is 4.25. The summed E-state index contributed by atoms with van der Waals surface area (Å²) in [4.78, 5) is 3.30. The van der Waals surface area contributed by atoms with Crippen molar-refractivity contribution >= 4 is 16.5 Å². The Bertz CT molecular complexity index is 1090. The molecule has 4 nitrogen and oxygen atoms in total. The summed E-state index contributed by atoms with van der Waals surface area (Å²) in [5.74, 6) is 1.29. The highest BCUT2D eigenvalue weighted by Gasteiger charge is 2.20. The van der Waals surface area contributed by atoms with Gasteiger partial charge in [-0.25, -0.2) is 4.98 Å². The quantitative estimate of drug-likeness (QED) is 0.481. The van der Waals surface area contributed by atoms with Crippen LogP contribution < -0.4 is 15.5 Å². The van der Waals surface area contributed by atoms with Crippen molar-refractivity contribution in [1.82, 2.24) is 0 Å². The van der Waals surface area contributed by atoms with Crippen LogP contribution in [0.2, 0.25) is 0 Å². The van der Waals surface area contributed by atoms with Crippen LogP contribution in [-0.4, -0.2) is 12.2 Å². The molecule has 0 unspecified atom stereocenters. The van der Waals surface area contributed by atoms with Crippen molar-refractivity contribution in [2.45, 2.75) is 12.3 Å². The maximum Gasteiger partial charge on any atom is 0.329 e. The number of phenolic OH excluding ortho intramolecular Hbond substituents is 1. The molecule has 5 heteroatoms. The minimum Gasteiger partial charge on any atom is -0.507 e. The fourth-order valence-corrected chi connectivity index (χ4v) is 4.17. The van der Waals surface area contributed by atoms with Crippen LogP contribution in [0.5, 0.6) is 11.5 Å². The standard InChI is InChI=1S/C24H22N2O2S/c1-28-19-12-10-18(11-13-19)21(22-15-29-24(25)26-22)14-16-6-8-17(9-7-16)20-4-2-3-5-23(20)27/h2-13,15,21,27H,14H2,1H3,(H2,25,26)/p+1/t21-/m0/s1. The predicted molar refractivity (Wildman–Crippen MR) is 117 cm³/mol. The fourth-order valence-electron chi connectivity index (χ4n) is 3.51. The van der Waals surface area contributed by atoms with Crippen LogP contribution in [0.3, 0.4) is 0 Å². The molecule has 0 amide bonds. The van der Waals surface area contributed by atoms with Crippen LogP contribution in [0.4, 0.5) is 5.13 Å². The number of aromatic nitrogens is 1. The van der Waals surface area contributed by atoms with E-state index in [2.05, 4.69) is 46.8 Å². The molecule has 0 spiro atoms. The van der Waals surface area contributed by atoms with Gasteiger partial charge in [-0.05, 0) is 41.3 Å². The summed E-state index contributed by atoms with van der Waals surface area (Å²) >= 11 is 1.52. The zero-order valence-corrected chi connectivity index (χ0v) is 16.9. The van der Waals surface area contributed by atoms with E-state index in [0.29, 0.717) is 10.9 Å². The van der Waals surface area contributed by atoms with Gasteiger partial charge in [-0.2, -0.15) is 0 Å². The topological polar surface area (TPSA) is 69.6 Å². The normalized spacial score (nSPS) is 11.9. The Labute approximate surface area is 174 Å². The van der Waals surface area contributed by atoms with Gasteiger partial charge in [0.1, 0.15) is 17.2 Å². The average Bonchev–Trinajstić information content (AvgIpc) is 3.19. The van der Waals surface area contributed by atoms with Crippen molar-refractivity contribution in [2.24, 2.45) is 0 Å². The fraction of sp³-hybridized carbons (Fsp3) is 0.125. The number of nitrogens with one attached hydrogen (secondary N) is 1. The first kappa shape index (κ1) is 19.0. The van der Waals surface area contributed by atoms with E-state index < -0.39 is 0 Å². The van der Waals surface area contributed by atoms with E-state index in [9.17, 15) is 5.11 Å². The second-order valence-electron chi connectivity index (χ2n) is 6.92. The number of nitrogen functional groups attached to an aromatic ring is 1. The van der Waals surface area contributed by atoms with Gasteiger partial charge < -0.3 is 9.84 Å². The highest BCUT2D eigenvalue weighted by atomic mass is 32.1. The van der Waals surface area contributed by atoms with E-state index in [1.54, 1.807) is 13.2 Å². The molecule has 1 aromatic heterocycles. The van der Waals surface area contributed by atoms with Crippen molar-refractivity contribution in [2.75, 3.05) is 12.8 Å². The smallest absolute Gasteiger partial charge is 0.329 e. The SMILES string of the molecule is COc1ccc([C@H](Cc2ccc(-c3ccccc3O)cc2)c2csc(N)[nH+]2)cc1. The first-order valence-corrected chi connectivity index (χ1v) is 10.3. The molecule has 3 aromatic carbocycles. The molecule has 0 aliphatic rings. The van der Waals surface area contributed by atoms with Crippen molar-refractivity contribution in [3.05, 3.63) is 95.0 Å². The van der Waals surface area contributed by atoms with Crippen LogP contribution in [0, 0.1) is 0 Å². The molecular formula is C24H23N2O2S+. The second kappa shape index (κ2) is 8.37. The third-order valence-electron chi connectivity index (χ3n) is 5.08. The lowest BCUT2D eigenvalue weighted by molar-refractivity contribution is -0.368. The third-order valence-corrected chi connectivity index (χ3v) is 5.81. The molecule has 4 N–H and O–H groups in total. The molecule has 1 heterocycles. The van der Waals surface area contributed by atoms with Crippen molar-refractivity contribution < 1.29 is 14.8 Å². The van der Waals surface area contributed by atoms with E-state index in [1.165, 1.54) is 22.5 Å². The lowest BCUT2D eigenvalue weighted by Crippen LogP contribution is -2.17. The minimum absolute atomic E-state index is 0.158. The van der Waals surface area contributed by atoms with Crippen LogP contribution >= 0.6 is 11.3 Å². The number of benzene rings is 3. The summed E-state index contributed by atoms with van der Waals surface area (Å²) < 4.78 is 5.30. The summed E-state index contributed by atoms with van der Waals surface area (Å²) in [6.07, 6.45) is 0.833. The first-order valence-electron chi connectivity index (χ1n) is 9.41. The number of anilines is 1. The maximum absolute atomic E-state index is 10.1. The molecule has 0 aliphatic heterocycles. The van der Waals surface area contributed by atoms with Crippen LogP contribution in [0.15, 0.2) is 78.2 Å². The lowest BCUT2D eigenvalue weighted by Gasteiger charge is -2.15. The molecule has 4 aromatic rings.